The van der Waals surface area contributed by atoms with Crippen molar-refractivity contribution in [1.82, 2.24) is 4.72 Å². The van der Waals surface area contributed by atoms with Gasteiger partial charge < -0.3 is 0 Å². The van der Waals surface area contributed by atoms with Crippen LogP contribution in [0.15, 0.2) is 29.2 Å². The molecule has 4 saturated carbocycles. The second-order valence-corrected chi connectivity index (χ2v) is 11.1. The molecule has 4 fully saturated rings. The van der Waals surface area contributed by atoms with Gasteiger partial charge in [-0.2, -0.15) is 0 Å². The molecule has 2 atom stereocenters. The second-order valence-electron chi connectivity index (χ2n) is 8.97. The van der Waals surface area contributed by atoms with Crippen LogP contribution in [-0.4, -0.2) is 14.0 Å². The normalized spacial score (nSPS) is 42.1. The van der Waals surface area contributed by atoms with Crippen molar-refractivity contribution in [2.24, 2.45) is 16.7 Å². The van der Waals surface area contributed by atoms with Crippen molar-refractivity contribution in [1.29, 1.82) is 0 Å². The third kappa shape index (κ3) is 2.73. The first-order valence-corrected chi connectivity index (χ1v) is 10.3. The minimum Gasteiger partial charge on any atom is -0.207 e. The van der Waals surface area contributed by atoms with Crippen LogP contribution in [0.25, 0.3) is 0 Å². The average Bonchev–Trinajstić information content (AvgIpc) is 2.33. The van der Waals surface area contributed by atoms with Crippen LogP contribution in [0.4, 0.5) is 0 Å². The van der Waals surface area contributed by atoms with Crippen LogP contribution in [-0.2, 0) is 10.0 Å². The van der Waals surface area contributed by atoms with Crippen LogP contribution in [0.2, 0.25) is 5.02 Å². The minimum atomic E-state index is -3.50. The third-order valence-electron chi connectivity index (χ3n) is 6.10. The summed E-state index contributed by atoms with van der Waals surface area (Å²) < 4.78 is 28.9. The zero-order valence-corrected chi connectivity index (χ0v) is 15.3. The molecule has 126 valence electrons. The molecular weight excluding hydrogens is 330 g/mol. The minimum absolute atomic E-state index is 0.263. The third-order valence-corrected chi connectivity index (χ3v) is 7.95. The van der Waals surface area contributed by atoms with E-state index in [-0.39, 0.29) is 16.4 Å². The topological polar surface area (TPSA) is 46.2 Å². The van der Waals surface area contributed by atoms with Gasteiger partial charge in [0.25, 0.3) is 0 Å². The Labute approximate surface area is 143 Å². The molecule has 4 bridgehead atoms. The van der Waals surface area contributed by atoms with E-state index in [4.69, 9.17) is 11.6 Å². The molecule has 0 amide bonds. The predicted octanol–water partition coefficient (Wildman–Crippen LogP) is 4.37. The summed E-state index contributed by atoms with van der Waals surface area (Å²) in [7, 11) is -3.50. The molecular formula is C18H24ClNO2S. The van der Waals surface area contributed by atoms with Crippen molar-refractivity contribution >= 4 is 21.6 Å². The van der Waals surface area contributed by atoms with E-state index in [2.05, 4.69) is 18.6 Å². The van der Waals surface area contributed by atoms with Gasteiger partial charge >= 0.3 is 0 Å². The molecule has 3 nitrogen and oxygen atoms in total. The summed E-state index contributed by atoms with van der Waals surface area (Å²) in [5, 5.41) is 0.554. The highest BCUT2D eigenvalue weighted by atomic mass is 35.5. The van der Waals surface area contributed by atoms with Gasteiger partial charge in [-0.3, -0.25) is 0 Å². The molecule has 5 rings (SSSR count). The van der Waals surface area contributed by atoms with E-state index in [1.807, 2.05) is 0 Å². The zero-order chi connectivity index (χ0) is 16.5. The van der Waals surface area contributed by atoms with Crippen LogP contribution in [0.1, 0.15) is 52.4 Å². The SMILES string of the molecule is C[C@]12CC3CC(NS(=O)(=O)c4ccc(Cl)cc4)(C1)C[C@](C)(C3)C2. The summed E-state index contributed by atoms with van der Waals surface area (Å²) in [6.45, 7) is 4.70. The van der Waals surface area contributed by atoms with E-state index in [0.29, 0.717) is 15.8 Å². The van der Waals surface area contributed by atoms with Crippen LogP contribution in [0.3, 0.4) is 0 Å². The molecule has 0 spiro atoms. The van der Waals surface area contributed by atoms with Gasteiger partial charge in [0.15, 0.2) is 0 Å². The Bertz CT molecular complexity index is 725. The van der Waals surface area contributed by atoms with Gasteiger partial charge in [-0.1, -0.05) is 25.4 Å². The molecule has 1 aromatic rings. The average molecular weight is 354 g/mol. The van der Waals surface area contributed by atoms with Crippen molar-refractivity contribution < 1.29 is 8.42 Å². The second kappa shape index (κ2) is 4.74. The number of nitrogens with one attached hydrogen (secondary N) is 1. The highest BCUT2D eigenvalue weighted by Gasteiger charge is 2.61. The number of sulfonamides is 1. The maximum atomic E-state index is 12.9. The Morgan fingerprint density at radius 3 is 2.09 bits per heavy atom. The van der Waals surface area contributed by atoms with E-state index in [0.717, 1.165) is 19.3 Å². The van der Waals surface area contributed by atoms with Gasteiger partial charge in [-0.05, 0) is 79.5 Å². The molecule has 0 radical (unpaired) electrons. The summed E-state index contributed by atoms with van der Waals surface area (Å²) in [6, 6.07) is 6.46. The maximum absolute atomic E-state index is 12.9. The van der Waals surface area contributed by atoms with Gasteiger partial charge in [0, 0.05) is 10.6 Å². The van der Waals surface area contributed by atoms with Crippen LogP contribution >= 0.6 is 11.6 Å². The molecule has 1 aromatic carbocycles. The van der Waals surface area contributed by atoms with E-state index in [1.54, 1.807) is 24.3 Å². The fourth-order valence-electron chi connectivity index (χ4n) is 6.52. The van der Waals surface area contributed by atoms with E-state index in [1.165, 1.54) is 19.3 Å². The van der Waals surface area contributed by atoms with Gasteiger partial charge in [-0.15, -0.1) is 0 Å². The van der Waals surface area contributed by atoms with Crippen LogP contribution < -0.4 is 4.72 Å². The summed E-state index contributed by atoms with van der Waals surface area (Å²) in [5.74, 6) is 0.661. The van der Waals surface area contributed by atoms with Gasteiger partial charge in [-0.25, -0.2) is 13.1 Å². The van der Waals surface area contributed by atoms with Gasteiger partial charge in [0.1, 0.15) is 0 Å². The molecule has 4 aliphatic rings. The van der Waals surface area contributed by atoms with Gasteiger partial charge in [0.2, 0.25) is 10.0 Å². The fourth-order valence-corrected chi connectivity index (χ4v) is 8.06. The Balaban J connectivity index is 1.67. The van der Waals surface area contributed by atoms with Gasteiger partial charge in [0.05, 0.1) is 4.90 Å². The number of rotatable bonds is 3. The lowest BCUT2D eigenvalue weighted by Crippen LogP contribution is -2.65. The number of halogens is 1. The predicted molar refractivity (Wildman–Crippen MR) is 91.9 cm³/mol. The highest BCUT2D eigenvalue weighted by Crippen LogP contribution is 2.66. The lowest BCUT2D eigenvalue weighted by Gasteiger charge is -2.65. The van der Waals surface area contributed by atoms with Crippen LogP contribution in [0.5, 0.6) is 0 Å². The number of hydrogen-bond acceptors (Lipinski definition) is 2. The summed E-state index contributed by atoms with van der Waals surface area (Å²) >= 11 is 5.88. The molecule has 1 N–H and O–H groups in total. The Hall–Kier alpha value is -0.580. The summed E-state index contributed by atoms with van der Waals surface area (Å²) in [4.78, 5) is 0.313. The first kappa shape index (κ1) is 15.9. The van der Waals surface area contributed by atoms with Crippen LogP contribution in [0, 0.1) is 16.7 Å². The molecule has 0 aromatic heterocycles. The molecule has 0 saturated heterocycles. The van der Waals surface area contributed by atoms with E-state index >= 15 is 0 Å². The van der Waals surface area contributed by atoms with E-state index in [9.17, 15) is 8.42 Å². The zero-order valence-electron chi connectivity index (χ0n) is 13.7. The van der Waals surface area contributed by atoms with Crippen molar-refractivity contribution in [3.8, 4) is 0 Å². The molecule has 5 heteroatoms. The number of benzene rings is 1. The molecule has 0 aliphatic heterocycles. The van der Waals surface area contributed by atoms with Crippen molar-refractivity contribution in [2.45, 2.75) is 62.8 Å². The highest BCUT2D eigenvalue weighted by molar-refractivity contribution is 7.89. The lowest BCUT2D eigenvalue weighted by molar-refractivity contribution is -0.110. The standard InChI is InChI=1S/C18H24ClNO2S/c1-16-7-13-8-17(2,10-16)12-18(9-13,11-16)20-23(21,22)15-5-3-14(19)4-6-15/h3-6,13,20H,7-12H2,1-2H3/t13?,16-,17-,18?/m1/s1. The smallest absolute Gasteiger partial charge is 0.207 e. The monoisotopic (exact) mass is 353 g/mol. The Kier molecular flexibility index (Phi) is 3.28. The Morgan fingerprint density at radius 2 is 1.57 bits per heavy atom. The summed E-state index contributed by atoms with van der Waals surface area (Å²) in [6.07, 6.45) is 6.68. The lowest BCUT2D eigenvalue weighted by atomic mass is 9.43. The fraction of sp³-hybridized carbons (Fsp3) is 0.667. The Morgan fingerprint density at radius 1 is 1.00 bits per heavy atom. The van der Waals surface area contributed by atoms with Crippen molar-refractivity contribution in [3.63, 3.8) is 0 Å². The molecule has 0 unspecified atom stereocenters. The first-order chi connectivity index (χ1) is 10.6. The molecule has 0 heterocycles. The molecule has 23 heavy (non-hydrogen) atoms. The first-order valence-electron chi connectivity index (χ1n) is 8.41. The largest absolute Gasteiger partial charge is 0.241 e. The van der Waals surface area contributed by atoms with Crippen molar-refractivity contribution in [3.05, 3.63) is 29.3 Å². The van der Waals surface area contributed by atoms with E-state index < -0.39 is 10.0 Å². The quantitative estimate of drug-likeness (QED) is 0.877. The number of hydrogen-bond donors (Lipinski definition) is 1. The van der Waals surface area contributed by atoms with Crippen molar-refractivity contribution in [2.75, 3.05) is 0 Å². The summed E-state index contributed by atoms with van der Waals surface area (Å²) in [5.41, 5.74) is 0.314. The molecule has 4 aliphatic carbocycles. The maximum Gasteiger partial charge on any atom is 0.241 e.